The molecule has 3 rings (SSSR count). The molecule has 0 aliphatic rings. The maximum absolute atomic E-state index is 12.6. The standard InChI is InChI=1S/C26H22BrClN2O4/c1-3-33-24-14-18(13-23(27)25(24)34-16-17-4-6-20(28)7-5-17)12-19(15-29)26(31)30-21-8-10-22(32-2)11-9-21/h4-14H,3,16H2,1-2H3,(H,30,31)/b19-12-. The first-order chi connectivity index (χ1) is 16.4. The molecular weight excluding hydrogens is 520 g/mol. The minimum Gasteiger partial charge on any atom is -0.497 e. The highest BCUT2D eigenvalue weighted by molar-refractivity contribution is 9.10. The van der Waals surface area contributed by atoms with Crippen LogP contribution >= 0.6 is 27.5 Å². The molecule has 0 fully saturated rings. The first kappa shape index (κ1) is 25.2. The zero-order valence-electron chi connectivity index (χ0n) is 18.6. The van der Waals surface area contributed by atoms with Crippen molar-refractivity contribution in [1.29, 1.82) is 5.26 Å². The van der Waals surface area contributed by atoms with Crippen LogP contribution in [0.5, 0.6) is 17.2 Å². The number of amides is 1. The van der Waals surface area contributed by atoms with E-state index in [2.05, 4.69) is 21.2 Å². The van der Waals surface area contributed by atoms with Crippen LogP contribution in [0.2, 0.25) is 5.02 Å². The number of anilines is 1. The van der Waals surface area contributed by atoms with Gasteiger partial charge in [-0.05, 0) is 88.6 Å². The third-order valence-corrected chi connectivity index (χ3v) is 5.49. The number of rotatable bonds is 9. The molecule has 174 valence electrons. The van der Waals surface area contributed by atoms with E-state index < -0.39 is 5.91 Å². The molecule has 8 heteroatoms. The number of nitrogens with one attached hydrogen (secondary N) is 1. The Morgan fingerprint density at radius 1 is 1.12 bits per heavy atom. The van der Waals surface area contributed by atoms with Crippen molar-refractivity contribution in [1.82, 2.24) is 0 Å². The van der Waals surface area contributed by atoms with Gasteiger partial charge in [-0.25, -0.2) is 0 Å². The van der Waals surface area contributed by atoms with Gasteiger partial charge in [-0.3, -0.25) is 4.79 Å². The van der Waals surface area contributed by atoms with E-state index in [9.17, 15) is 10.1 Å². The van der Waals surface area contributed by atoms with Gasteiger partial charge in [0.1, 0.15) is 24.0 Å². The average Bonchev–Trinajstić information content (AvgIpc) is 2.83. The van der Waals surface area contributed by atoms with E-state index in [1.54, 1.807) is 55.6 Å². The predicted octanol–water partition coefficient (Wildman–Crippen LogP) is 6.63. The second-order valence-corrected chi connectivity index (χ2v) is 8.32. The molecule has 1 amide bonds. The monoisotopic (exact) mass is 540 g/mol. The highest BCUT2D eigenvalue weighted by Crippen LogP contribution is 2.38. The Kier molecular flexibility index (Phi) is 8.97. The number of carbonyl (C=O) groups is 1. The Balaban J connectivity index is 1.81. The van der Waals surface area contributed by atoms with Crippen molar-refractivity contribution in [3.63, 3.8) is 0 Å². The van der Waals surface area contributed by atoms with Crippen molar-refractivity contribution in [3.8, 4) is 23.3 Å². The minimum absolute atomic E-state index is 0.0556. The smallest absolute Gasteiger partial charge is 0.266 e. The minimum atomic E-state index is -0.523. The molecular formula is C26H22BrClN2O4. The summed E-state index contributed by atoms with van der Waals surface area (Å²) in [7, 11) is 1.56. The van der Waals surface area contributed by atoms with Crippen molar-refractivity contribution in [2.75, 3.05) is 19.0 Å². The summed E-state index contributed by atoms with van der Waals surface area (Å²) in [5.74, 6) is 1.16. The summed E-state index contributed by atoms with van der Waals surface area (Å²) in [6.45, 7) is 2.60. The van der Waals surface area contributed by atoms with Gasteiger partial charge >= 0.3 is 0 Å². The molecule has 0 heterocycles. The molecule has 6 nitrogen and oxygen atoms in total. The number of ether oxygens (including phenoxy) is 3. The van der Waals surface area contributed by atoms with Crippen molar-refractivity contribution in [2.45, 2.75) is 13.5 Å². The first-order valence-electron chi connectivity index (χ1n) is 10.3. The van der Waals surface area contributed by atoms with Crippen LogP contribution in [0.4, 0.5) is 5.69 Å². The van der Waals surface area contributed by atoms with Gasteiger partial charge in [-0.15, -0.1) is 0 Å². The summed E-state index contributed by atoms with van der Waals surface area (Å²) in [5.41, 5.74) is 2.05. The summed E-state index contributed by atoms with van der Waals surface area (Å²) < 4.78 is 17.5. The largest absolute Gasteiger partial charge is 0.497 e. The van der Waals surface area contributed by atoms with E-state index in [-0.39, 0.29) is 5.57 Å². The van der Waals surface area contributed by atoms with Gasteiger partial charge in [0.25, 0.3) is 5.91 Å². The van der Waals surface area contributed by atoms with Crippen LogP contribution in [0.3, 0.4) is 0 Å². The van der Waals surface area contributed by atoms with E-state index in [0.29, 0.717) is 51.2 Å². The van der Waals surface area contributed by atoms with Gasteiger partial charge in [0.05, 0.1) is 18.2 Å². The average molecular weight is 542 g/mol. The number of hydrogen-bond acceptors (Lipinski definition) is 5. The predicted molar refractivity (Wildman–Crippen MR) is 136 cm³/mol. The zero-order chi connectivity index (χ0) is 24.5. The number of nitrogens with zero attached hydrogens (tertiary/aromatic N) is 1. The summed E-state index contributed by atoms with van der Waals surface area (Å²) in [5, 5.41) is 12.9. The van der Waals surface area contributed by atoms with Crippen molar-refractivity contribution in [2.24, 2.45) is 0 Å². The van der Waals surface area contributed by atoms with E-state index >= 15 is 0 Å². The lowest BCUT2D eigenvalue weighted by atomic mass is 10.1. The van der Waals surface area contributed by atoms with E-state index in [4.69, 9.17) is 25.8 Å². The Morgan fingerprint density at radius 2 is 1.82 bits per heavy atom. The van der Waals surface area contributed by atoms with Crippen molar-refractivity contribution < 1.29 is 19.0 Å². The number of nitriles is 1. The number of carbonyl (C=O) groups excluding carboxylic acids is 1. The van der Waals surface area contributed by atoms with Crippen LogP contribution in [-0.2, 0) is 11.4 Å². The number of methoxy groups -OCH3 is 1. The molecule has 0 saturated carbocycles. The van der Waals surface area contributed by atoms with E-state index in [0.717, 1.165) is 5.56 Å². The molecule has 0 atom stereocenters. The van der Waals surface area contributed by atoms with Crippen LogP contribution < -0.4 is 19.5 Å². The van der Waals surface area contributed by atoms with Gasteiger partial charge in [0, 0.05) is 10.7 Å². The summed E-state index contributed by atoms with van der Waals surface area (Å²) in [4.78, 5) is 12.6. The normalized spacial score (nSPS) is 10.9. The Labute approximate surface area is 211 Å². The maximum Gasteiger partial charge on any atom is 0.266 e. The molecule has 1 N–H and O–H groups in total. The number of halogens is 2. The zero-order valence-corrected chi connectivity index (χ0v) is 20.9. The van der Waals surface area contributed by atoms with Gasteiger partial charge in [-0.2, -0.15) is 5.26 Å². The molecule has 0 aromatic heterocycles. The van der Waals surface area contributed by atoms with Gasteiger partial charge in [0.2, 0.25) is 0 Å². The van der Waals surface area contributed by atoms with Crippen LogP contribution in [0.25, 0.3) is 6.08 Å². The fourth-order valence-corrected chi connectivity index (χ4v) is 3.70. The van der Waals surface area contributed by atoms with Crippen molar-refractivity contribution in [3.05, 3.63) is 86.9 Å². The highest BCUT2D eigenvalue weighted by Gasteiger charge is 2.15. The second-order valence-electron chi connectivity index (χ2n) is 7.03. The molecule has 0 bridgehead atoms. The lowest BCUT2D eigenvalue weighted by Gasteiger charge is -2.15. The molecule has 0 saturated heterocycles. The molecule has 34 heavy (non-hydrogen) atoms. The van der Waals surface area contributed by atoms with Gasteiger partial charge in [-0.1, -0.05) is 23.7 Å². The molecule has 3 aromatic rings. The van der Waals surface area contributed by atoms with Crippen molar-refractivity contribution >= 4 is 45.2 Å². The first-order valence-corrected chi connectivity index (χ1v) is 11.5. The highest BCUT2D eigenvalue weighted by atomic mass is 79.9. The van der Waals surface area contributed by atoms with Crippen LogP contribution in [-0.4, -0.2) is 19.6 Å². The third kappa shape index (κ3) is 6.77. The molecule has 0 spiro atoms. The topological polar surface area (TPSA) is 80.6 Å². The fourth-order valence-electron chi connectivity index (χ4n) is 3.00. The fraction of sp³-hybridized carbons (Fsp3) is 0.154. The summed E-state index contributed by atoms with van der Waals surface area (Å²) in [6.07, 6.45) is 1.50. The molecule has 0 aliphatic heterocycles. The van der Waals surface area contributed by atoms with Crippen LogP contribution in [0.15, 0.2) is 70.7 Å². The summed E-state index contributed by atoms with van der Waals surface area (Å²) in [6, 6.07) is 19.6. The second kappa shape index (κ2) is 12.1. The van der Waals surface area contributed by atoms with E-state index in [1.165, 1.54) is 6.08 Å². The van der Waals surface area contributed by atoms with Crippen LogP contribution in [0.1, 0.15) is 18.1 Å². The number of benzene rings is 3. The lowest BCUT2D eigenvalue weighted by Crippen LogP contribution is -2.13. The SMILES string of the molecule is CCOc1cc(/C=C(/C#N)C(=O)Nc2ccc(OC)cc2)cc(Br)c1OCc1ccc(Cl)cc1. The Bertz CT molecular complexity index is 1220. The quantitative estimate of drug-likeness (QED) is 0.243. The Hall–Kier alpha value is -3.47. The molecule has 0 radical (unpaired) electrons. The molecule has 3 aromatic carbocycles. The lowest BCUT2D eigenvalue weighted by molar-refractivity contribution is -0.112. The van der Waals surface area contributed by atoms with Gasteiger partial charge in [0.15, 0.2) is 11.5 Å². The molecule has 0 unspecified atom stereocenters. The van der Waals surface area contributed by atoms with E-state index in [1.807, 2.05) is 25.1 Å². The Morgan fingerprint density at radius 3 is 2.44 bits per heavy atom. The molecule has 0 aliphatic carbocycles. The summed E-state index contributed by atoms with van der Waals surface area (Å²) >= 11 is 9.46. The van der Waals surface area contributed by atoms with Gasteiger partial charge < -0.3 is 19.5 Å². The van der Waals surface area contributed by atoms with Crippen LogP contribution in [0, 0.1) is 11.3 Å². The maximum atomic E-state index is 12.6. The number of hydrogen-bond donors (Lipinski definition) is 1. The third-order valence-electron chi connectivity index (χ3n) is 4.65.